The Labute approximate surface area is 202 Å². The smallest absolute Gasteiger partial charge is 0.407 e. The van der Waals surface area contributed by atoms with E-state index in [1.54, 1.807) is 26.8 Å². The quantitative estimate of drug-likeness (QED) is 0.315. The average Bonchev–Trinajstić information content (AvgIpc) is 2.61. The van der Waals surface area contributed by atoms with E-state index >= 15 is 0 Å². The van der Waals surface area contributed by atoms with Gasteiger partial charge in [0, 0.05) is 22.6 Å². The van der Waals surface area contributed by atoms with Crippen LogP contribution in [0.3, 0.4) is 0 Å². The molecule has 1 unspecified atom stereocenters. The molecule has 32 heavy (non-hydrogen) atoms. The van der Waals surface area contributed by atoms with Gasteiger partial charge in [-0.3, -0.25) is 0 Å². The summed E-state index contributed by atoms with van der Waals surface area (Å²) >= 11 is 17.6. The lowest BCUT2D eigenvalue weighted by Gasteiger charge is -2.23. The van der Waals surface area contributed by atoms with Crippen molar-refractivity contribution in [2.45, 2.75) is 45.3 Å². The molecule has 1 heterocycles. The van der Waals surface area contributed by atoms with Crippen molar-refractivity contribution in [3.8, 4) is 0 Å². The van der Waals surface area contributed by atoms with Crippen LogP contribution in [-0.4, -0.2) is 34.4 Å². The van der Waals surface area contributed by atoms with Gasteiger partial charge in [0.2, 0.25) is 5.95 Å². The number of thiocarbonyl (C=S) groups is 1. The van der Waals surface area contributed by atoms with Gasteiger partial charge in [-0.2, -0.15) is 4.39 Å². The molecule has 1 aromatic heterocycles. The van der Waals surface area contributed by atoms with E-state index in [9.17, 15) is 9.18 Å². The van der Waals surface area contributed by atoms with Gasteiger partial charge in [-0.15, -0.1) is 0 Å². The predicted octanol–water partition coefficient (Wildman–Crippen LogP) is 4.92. The largest absolute Gasteiger partial charge is 0.444 e. The first kappa shape index (κ1) is 25.9. The molecule has 0 bridgehead atoms. The molecule has 1 aromatic carbocycles. The number of nitrogens with two attached hydrogens (primary N) is 1. The van der Waals surface area contributed by atoms with Gasteiger partial charge in [0.25, 0.3) is 0 Å². The fourth-order valence-electron chi connectivity index (χ4n) is 2.80. The van der Waals surface area contributed by atoms with E-state index in [1.165, 1.54) is 12.1 Å². The summed E-state index contributed by atoms with van der Waals surface area (Å²) in [7, 11) is 0. The minimum Gasteiger partial charge on any atom is -0.444 e. The van der Waals surface area contributed by atoms with Crippen LogP contribution in [0.4, 0.5) is 20.7 Å². The van der Waals surface area contributed by atoms with Gasteiger partial charge in [-0.05, 0) is 81.7 Å². The fraction of sp³-hybridized carbons (Fsp3) is 0.381. The molecule has 0 aliphatic rings. The standard InChI is InChI=1S/C21H26Cl2FN5O2S/c1-21(2,3)31-20(30)26-7-6-15(10-12-8-13(22)11-14(23)9-12)27-19(32)28-16-4-5-17(24)29-18(16)25/h4-5,8-9,11,15H,6-7,10H2,1-3H3,(H2,25,29)(H,26,30)(H2,27,28,32). The van der Waals surface area contributed by atoms with E-state index in [0.717, 1.165) is 5.56 Å². The number of alkyl carbamates (subject to hydrolysis) is 1. The van der Waals surface area contributed by atoms with Crippen molar-refractivity contribution in [3.63, 3.8) is 0 Å². The van der Waals surface area contributed by atoms with Crippen LogP contribution in [0.5, 0.6) is 0 Å². The first-order chi connectivity index (χ1) is 14.9. The Bertz CT molecular complexity index is 951. The Morgan fingerprint density at radius 2 is 1.91 bits per heavy atom. The van der Waals surface area contributed by atoms with Crippen LogP contribution in [0, 0.1) is 5.95 Å². The zero-order valence-corrected chi connectivity index (χ0v) is 20.3. The second-order valence-corrected chi connectivity index (χ2v) is 9.34. The van der Waals surface area contributed by atoms with Crippen molar-refractivity contribution >= 4 is 58.1 Å². The van der Waals surface area contributed by atoms with Crippen LogP contribution in [0.25, 0.3) is 0 Å². The molecule has 11 heteroatoms. The minimum atomic E-state index is -0.684. The van der Waals surface area contributed by atoms with E-state index in [4.69, 9.17) is 45.9 Å². The Morgan fingerprint density at radius 1 is 1.25 bits per heavy atom. The zero-order chi connectivity index (χ0) is 23.9. The number of nitrogens with zero attached hydrogens (tertiary/aromatic N) is 1. The second-order valence-electron chi connectivity index (χ2n) is 8.06. The average molecular weight is 502 g/mol. The Hall–Kier alpha value is -2.36. The molecule has 0 aliphatic heterocycles. The summed E-state index contributed by atoms with van der Waals surface area (Å²) in [6.45, 7) is 5.71. The number of nitrogen functional groups attached to an aromatic ring is 1. The van der Waals surface area contributed by atoms with Crippen molar-refractivity contribution in [1.82, 2.24) is 15.6 Å². The number of hydrogen-bond donors (Lipinski definition) is 4. The number of carbonyl (C=O) groups excluding carboxylic acids is 1. The molecular formula is C21H26Cl2FN5O2S. The Balaban J connectivity index is 2.04. The van der Waals surface area contributed by atoms with Crippen molar-refractivity contribution in [3.05, 3.63) is 51.9 Å². The number of hydrogen-bond acceptors (Lipinski definition) is 5. The number of aromatic nitrogens is 1. The lowest BCUT2D eigenvalue weighted by Crippen LogP contribution is -2.42. The first-order valence-electron chi connectivity index (χ1n) is 9.82. The Kier molecular flexibility index (Phi) is 9.30. The number of ether oxygens (including phenoxy) is 1. The molecular weight excluding hydrogens is 476 g/mol. The lowest BCUT2D eigenvalue weighted by atomic mass is 10.0. The van der Waals surface area contributed by atoms with E-state index in [2.05, 4.69) is 20.9 Å². The number of rotatable bonds is 7. The highest BCUT2D eigenvalue weighted by Crippen LogP contribution is 2.21. The van der Waals surface area contributed by atoms with Crippen molar-refractivity contribution in [2.75, 3.05) is 17.6 Å². The molecule has 0 fully saturated rings. The van der Waals surface area contributed by atoms with Crippen LogP contribution in [-0.2, 0) is 11.2 Å². The lowest BCUT2D eigenvalue weighted by molar-refractivity contribution is 0.0526. The molecule has 0 aliphatic carbocycles. The third kappa shape index (κ3) is 9.42. The van der Waals surface area contributed by atoms with Crippen LogP contribution in [0.1, 0.15) is 32.8 Å². The molecule has 5 N–H and O–H groups in total. The summed E-state index contributed by atoms with van der Waals surface area (Å²) in [5.74, 6) is -0.699. The van der Waals surface area contributed by atoms with Crippen LogP contribution in [0.15, 0.2) is 30.3 Å². The molecule has 0 spiro atoms. The summed E-state index contributed by atoms with van der Waals surface area (Å²) in [5.41, 5.74) is 6.41. The number of nitrogens with one attached hydrogen (secondary N) is 3. The molecule has 7 nitrogen and oxygen atoms in total. The summed E-state index contributed by atoms with van der Waals surface area (Å²) in [6, 6.07) is 7.69. The van der Waals surface area contributed by atoms with Gasteiger partial charge in [-0.25, -0.2) is 9.78 Å². The SMILES string of the molecule is CC(C)(C)OC(=O)NCCC(Cc1cc(Cl)cc(Cl)c1)NC(=S)Nc1ccc(F)nc1N. The van der Waals surface area contributed by atoms with Gasteiger partial charge >= 0.3 is 6.09 Å². The fourth-order valence-corrected chi connectivity index (χ4v) is 3.65. The summed E-state index contributed by atoms with van der Waals surface area (Å²) in [4.78, 5) is 15.5. The van der Waals surface area contributed by atoms with Crippen molar-refractivity contribution in [1.29, 1.82) is 0 Å². The number of anilines is 2. The third-order valence-corrected chi connectivity index (χ3v) is 4.70. The molecule has 2 aromatic rings. The van der Waals surface area contributed by atoms with Gasteiger partial charge < -0.3 is 26.4 Å². The zero-order valence-electron chi connectivity index (χ0n) is 18.0. The topological polar surface area (TPSA) is 101 Å². The molecule has 174 valence electrons. The molecule has 0 radical (unpaired) electrons. The maximum Gasteiger partial charge on any atom is 0.407 e. The highest BCUT2D eigenvalue weighted by Gasteiger charge is 2.17. The monoisotopic (exact) mass is 501 g/mol. The third-order valence-electron chi connectivity index (χ3n) is 4.04. The molecule has 0 saturated carbocycles. The number of pyridine rings is 1. The molecule has 0 saturated heterocycles. The van der Waals surface area contributed by atoms with Crippen molar-refractivity contribution < 1.29 is 13.9 Å². The van der Waals surface area contributed by atoms with E-state index in [-0.39, 0.29) is 17.0 Å². The van der Waals surface area contributed by atoms with Gasteiger partial charge in [0.05, 0.1) is 5.69 Å². The van der Waals surface area contributed by atoms with E-state index < -0.39 is 17.6 Å². The number of benzene rings is 1. The highest BCUT2D eigenvalue weighted by molar-refractivity contribution is 7.80. The summed E-state index contributed by atoms with van der Waals surface area (Å²) < 4.78 is 18.4. The number of amides is 1. The predicted molar refractivity (Wildman–Crippen MR) is 131 cm³/mol. The maximum atomic E-state index is 13.2. The number of carbonyl (C=O) groups is 1. The second kappa shape index (κ2) is 11.5. The highest BCUT2D eigenvalue weighted by atomic mass is 35.5. The van der Waals surface area contributed by atoms with Crippen LogP contribution < -0.4 is 21.7 Å². The number of halogens is 3. The molecule has 1 atom stereocenters. The normalized spacial score (nSPS) is 12.1. The van der Waals surface area contributed by atoms with Crippen molar-refractivity contribution in [2.24, 2.45) is 0 Å². The van der Waals surface area contributed by atoms with E-state index in [0.29, 0.717) is 35.1 Å². The minimum absolute atomic E-state index is 0.0149. The van der Waals surface area contributed by atoms with Gasteiger partial charge in [0.15, 0.2) is 10.9 Å². The van der Waals surface area contributed by atoms with Gasteiger partial charge in [0.1, 0.15) is 5.60 Å². The Morgan fingerprint density at radius 3 is 2.50 bits per heavy atom. The molecule has 2 rings (SSSR count). The van der Waals surface area contributed by atoms with Crippen LogP contribution in [0.2, 0.25) is 10.0 Å². The van der Waals surface area contributed by atoms with Gasteiger partial charge in [-0.1, -0.05) is 23.2 Å². The molecule has 1 amide bonds. The summed E-state index contributed by atoms with van der Waals surface area (Å²) in [5, 5.41) is 10.1. The van der Waals surface area contributed by atoms with Crippen LogP contribution >= 0.6 is 35.4 Å². The summed E-state index contributed by atoms with van der Waals surface area (Å²) in [6.07, 6.45) is 0.533. The van der Waals surface area contributed by atoms with E-state index in [1.807, 2.05) is 12.1 Å². The maximum absolute atomic E-state index is 13.2. The first-order valence-corrected chi connectivity index (χ1v) is 11.0.